The molecule has 0 radical (unpaired) electrons. The van der Waals surface area contributed by atoms with Gasteiger partial charge < -0.3 is 9.64 Å². The number of piperazine rings is 1. The minimum absolute atomic E-state index is 0.0833. The van der Waals surface area contributed by atoms with Crippen molar-refractivity contribution in [2.24, 2.45) is 0 Å². The van der Waals surface area contributed by atoms with Crippen LogP contribution in [0.3, 0.4) is 0 Å². The van der Waals surface area contributed by atoms with Gasteiger partial charge in [0.25, 0.3) is 0 Å². The maximum absolute atomic E-state index is 12.2. The van der Waals surface area contributed by atoms with Crippen LogP contribution in [0.5, 0.6) is 5.75 Å². The lowest BCUT2D eigenvalue weighted by molar-refractivity contribution is -0.135. The van der Waals surface area contributed by atoms with Gasteiger partial charge in [0.15, 0.2) is 0 Å². The minimum Gasteiger partial charge on any atom is -0.497 e. The number of piperidine rings is 1. The molecule has 0 spiro atoms. The van der Waals surface area contributed by atoms with E-state index in [0.29, 0.717) is 6.04 Å². The number of rotatable bonds is 2. The highest BCUT2D eigenvalue weighted by Crippen LogP contribution is 2.34. The second-order valence-electron chi connectivity index (χ2n) is 4.72. The van der Waals surface area contributed by atoms with E-state index in [1.54, 1.807) is 7.11 Å². The number of anilines is 1. The average molecular weight is 232 g/mol. The topological polar surface area (TPSA) is 32.8 Å². The molecule has 3 aliphatic heterocycles. The quantitative estimate of drug-likeness (QED) is 0.766. The van der Waals surface area contributed by atoms with Gasteiger partial charge in [-0.2, -0.15) is 0 Å². The highest BCUT2D eigenvalue weighted by Gasteiger charge is 2.48. The van der Waals surface area contributed by atoms with Crippen LogP contribution in [0, 0.1) is 0 Å². The lowest BCUT2D eigenvalue weighted by Crippen LogP contribution is -2.70. The zero-order chi connectivity index (χ0) is 12.0. The van der Waals surface area contributed by atoms with Crippen LogP contribution < -0.4 is 9.64 Å². The standard InChI is InChI=1S/C13H16N2O2/c1-14-10-7-12(14)13(16)15(8-10)9-4-3-5-11(6-9)17-2/h3-6,10,12H,7-8H2,1-2H3. The molecule has 2 atom stereocenters. The fourth-order valence-electron chi connectivity index (χ4n) is 2.68. The zero-order valence-electron chi connectivity index (χ0n) is 10.1. The Morgan fingerprint density at radius 1 is 1.41 bits per heavy atom. The summed E-state index contributed by atoms with van der Waals surface area (Å²) in [6.45, 7) is 0.791. The monoisotopic (exact) mass is 232 g/mol. The molecule has 0 aliphatic carbocycles. The Bertz CT molecular complexity index is 460. The van der Waals surface area contributed by atoms with E-state index in [9.17, 15) is 4.79 Å². The lowest BCUT2D eigenvalue weighted by atomic mass is 9.87. The summed E-state index contributed by atoms with van der Waals surface area (Å²) in [6.07, 6.45) is 1.01. The molecule has 2 unspecified atom stereocenters. The van der Waals surface area contributed by atoms with E-state index in [2.05, 4.69) is 4.90 Å². The smallest absolute Gasteiger partial charge is 0.244 e. The molecule has 4 heteroatoms. The first kappa shape index (κ1) is 10.6. The Hall–Kier alpha value is -1.55. The molecule has 0 aromatic heterocycles. The third kappa shape index (κ3) is 1.52. The van der Waals surface area contributed by atoms with Crippen molar-refractivity contribution >= 4 is 11.6 Å². The summed E-state index contributed by atoms with van der Waals surface area (Å²) in [6, 6.07) is 8.30. The summed E-state index contributed by atoms with van der Waals surface area (Å²) in [7, 11) is 3.67. The van der Waals surface area contributed by atoms with Crippen LogP contribution in [0.25, 0.3) is 0 Å². The summed E-state index contributed by atoms with van der Waals surface area (Å²) < 4.78 is 5.19. The molecule has 17 heavy (non-hydrogen) atoms. The van der Waals surface area contributed by atoms with Gasteiger partial charge in [0.2, 0.25) is 5.91 Å². The van der Waals surface area contributed by atoms with Gasteiger partial charge >= 0.3 is 0 Å². The molecule has 3 saturated heterocycles. The van der Waals surface area contributed by atoms with E-state index in [1.807, 2.05) is 36.2 Å². The Morgan fingerprint density at radius 2 is 2.24 bits per heavy atom. The van der Waals surface area contributed by atoms with E-state index in [1.165, 1.54) is 0 Å². The van der Waals surface area contributed by atoms with Gasteiger partial charge in [-0.3, -0.25) is 9.69 Å². The maximum atomic E-state index is 12.2. The largest absolute Gasteiger partial charge is 0.497 e. The molecule has 0 N–H and O–H groups in total. The number of carbonyl (C=O) groups excluding carboxylic acids is 1. The van der Waals surface area contributed by atoms with Gasteiger partial charge in [-0.05, 0) is 25.6 Å². The summed E-state index contributed by atoms with van der Waals surface area (Å²) in [4.78, 5) is 16.3. The van der Waals surface area contributed by atoms with Crippen LogP contribution in [0.2, 0.25) is 0 Å². The Labute approximate surface area is 101 Å². The van der Waals surface area contributed by atoms with E-state index in [4.69, 9.17) is 4.74 Å². The minimum atomic E-state index is 0.0833. The molecule has 3 fully saturated rings. The van der Waals surface area contributed by atoms with Crippen LogP contribution in [0.1, 0.15) is 6.42 Å². The molecule has 1 aromatic rings. The molecule has 0 saturated carbocycles. The summed E-state index contributed by atoms with van der Waals surface area (Å²) in [5.74, 6) is 1.01. The molecular formula is C13H16N2O2. The fraction of sp³-hybridized carbons (Fsp3) is 0.462. The van der Waals surface area contributed by atoms with Gasteiger partial charge in [-0.25, -0.2) is 0 Å². The van der Waals surface area contributed by atoms with Crippen molar-refractivity contribution in [3.63, 3.8) is 0 Å². The van der Waals surface area contributed by atoms with Crippen LogP contribution in [-0.2, 0) is 4.79 Å². The molecule has 3 aliphatic rings. The SMILES string of the molecule is COc1cccc(N2CC3CC(C2=O)N3C)c1. The summed E-state index contributed by atoms with van der Waals surface area (Å²) in [5, 5.41) is 0. The van der Waals surface area contributed by atoms with Gasteiger partial charge in [0.05, 0.1) is 13.2 Å². The number of hydrogen-bond donors (Lipinski definition) is 0. The molecule has 4 rings (SSSR count). The number of ether oxygens (including phenoxy) is 1. The maximum Gasteiger partial charge on any atom is 0.244 e. The number of benzene rings is 1. The summed E-state index contributed by atoms with van der Waals surface area (Å²) in [5.41, 5.74) is 0.942. The molecule has 90 valence electrons. The highest BCUT2D eigenvalue weighted by atomic mass is 16.5. The van der Waals surface area contributed by atoms with Crippen molar-refractivity contribution < 1.29 is 9.53 Å². The van der Waals surface area contributed by atoms with E-state index in [0.717, 1.165) is 24.4 Å². The van der Waals surface area contributed by atoms with Crippen molar-refractivity contribution in [3.8, 4) is 5.75 Å². The number of nitrogens with zero attached hydrogens (tertiary/aromatic N) is 2. The first-order valence-corrected chi connectivity index (χ1v) is 5.88. The second-order valence-corrected chi connectivity index (χ2v) is 4.72. The van der Waals surface area contributed by atoms with Crippen molar-refractivity contribution in [3.05, 3.63) is 24.3 Å². The number of amides is 1. The summed E-state index contributed by atoms with van der Waals surface area (Å²) >= 11 is 0. The molecular weight excluding hydrogens is 216 g/mol. The number of methoxy groups -OCH3 is 1. The number of likely N-dealkylation sites (N-methyl/N-ethyl adjacent to an activating group) is 1. The van der Waals surface area contributed by atoms with E-state index < -0.39 is 0 Å². The fourth-order valence-corrected chi connectivity index (χ4v) is 2.68. The molecule has 1 aromatic carbocycles. The molecule has 4 nitrogen and oxygen atoms in total. The van der Waals surface area contributed by atoms with Crippen LogP contribution >= 0.6 is 0 Å². The first-order valence-electron chi connectivity index (χ1n) is 5.88. The predicted molar refractivity (Wildman–Crippen MR) is 65.3 cm³/mol. The Balaban J connectivity index is 1.87. The van der Waals surface area contributed by atoms with E-state index in [-0.39, 0.29) is 11.9 Å². The zero-order valence-corrected chi connectivity index (χ0v) is 10.1. The normalized spacial score (nSPS) is 27.9. The van der Waals surface area contributed by atoms with Gasteiger partial charge in [0.1, 0.15) is 5.75 Å². The predicted octanol–water partition coefficient (Wildman–Crippen LogP) is 1.11. The number of hydrogen-bond acceptors (Lipinski definition) is 3. The van der Waals surface area contributed by atoms with Gasteiger partial charge in [-0.1, -0.05) is 6.07 Å². The van der Waals surface area contributed by atoms with Crippen molar-refractivity contribution in [2.45, 2.75) is 18.5 Å². The molecule has 3 heterocycles. The van der Waals surface area contributed by atoms with Crippen LogP contribution in [-0.4, -0.2) is 43.6 Å². The van der Waals surface area contributed by atoms with E-state index >= 15 is 0 Å². The Kier molecular flexibility index (Phi) is 2.33. The van der Waals surface area contributed by atoms with Crippen LogP contribution in [0.15, 0.2) is 24.3 Å². The average Bonchev–Trinajstić information content (AvgIpc) is 2.37. The number of carbonyl (C=O) groups is 1. The molecule has 1 amide bonds. The number of fused-ring (bicyclic) bond motifs is 2. The van der Waals surface area contributed by atoms with Crippen molar-refractivity contribution in [1.29, 1.82) is 0 Å². The third-order valence-electron chi connectivity index (χ3n) is 3.87. The highest BCUT2D eigenvalue weighted by molar-refractivity contribution is 5.99. The van der Waals surface area contributed by atoms with Crippen molar-refractivity contribution in [2.75, 3.05) is 25.6 Å². The lowest BCUT2D eigenvalue weighted by Gasteiger charge is -2.53. The first-order chi connectivity index (χ1) is 8.20. The Morgan fingerprint density at radius 3 is 2.88 bits per heavy atom. The third-order valence-corrected chi connectivity index (χ3v) is 3.87. The van der Waals surface area contributed by atoms with Gasteiger partial charge in [-0.15, -0.1) is 0 Å². The van der Waals surface area contributed by atoms with Crippen LogP contribution in [0.4, 0.5) is 5.69 Å². The van der Waals surface area contributed by atoms with Crippen molar-refractivity contribution in [1.82, 2.24) is 4.90 Å². The molecule has 2 bridgehead atoms. The van der Waals surface area contributed by atoms with Gasteiger partial charge in [0, 0.05) is 24.3 Å². The second kappa shape index (κ2) is 3.74.